The number of Topliss-reactive ketones (excluding diaryl/α,β-unsaturated/α-hetero) is 1. The molecule has 0 radical (unpaired) electrons. The van der Waals surface area contributed by atoms with Crippen LogP contribution < -0.4 is 5.11 Å². The normalized spacial score (nSPS) is 32.6. The number of hydrogen-bond donors (Lipinski definition) is 1. The summed E-state index contributed by atoms with van der Waals surface area (Å²) < 4.78 is -0.633. The molecular weight excluding hydrogens is 238 g/mol. The van der Waals surface area contributed by atoms with Crippen LogP contribution in [0.3, 0.4) is 0 Å². The minimum absolute atomic E-state index is 0.0878. The van der Waals surface area contributed by atoms with Gasteiger partial charge in [0.25, 0.3) is 6.09 Å². The van der Waals surface area contributed by atoms with Gasteiger partial charge in [0, 0.05) is 0 Å². The quantitative estimate of drug-likeness (QED) is 0.555. The van der Waals surface area contributed by atoms with Gasteiger partial charge in [0.15, 0.2) is 5.41 Å². The molecule has 0 saturated carbocycles. The number of carboxylic acids is 1. The molecule has 18 heavy (non-hydrogen) atoms. The third-order valence-corrected chi connectivity index (χ3v) is 4.13. The summed E-state index contributed by atoms with van der Waals surface area (Å²) in [6, 6.07) is 0. The summed E-state index contributed by atoms with van der Waals surface area (Å²) in [6.07, 6.45) is -1.31. The van der Waals surface area contributed by atoms with Crippen LogP contribution in [0.5, 0.6) is 0 Å². The van der Waals surface area contributed by atoms with Crippen molar-refractivity contribution in [3.05, 3.63) is 0 Å². The van der Waals surface area contributed by atoms with Gasteiger partial charge in [0.2, 0.25) is 5.78 Å². The van der Waals surface area contributed by atoms with Crippen molar-refractivity contribution in [1.29, 1.82) is 0 Å². The third kappa shape index (κ3) is 1.71. The molecule has 2 atom stereocenters. The van der Waals surface area contributed by atoms with Crippen LogP contribution in [0.4, 0.5) is 4.79 Å². The number of quaternary nitrogens is 1. The summed E-state index contributed by atoms with van der Waals surface area (Å²) >= 11 is 0. The van der Waals surface area contributed by atoms with Gasteiger partial charge >= 0.3 is 5.97 Å². The van der Waals surface area contributed by atoms with Crippen molar-refractivity contribution in [2.45, 2.75) is 39.7 Å². The van der Waals surface area contributed by atoms with Crippen molar-refractivity contribution in [2.24, 2.45) is 5.41 Å². The van der Waals surface area contributed by atoms with E-state index in [1.54, 1.807) is 27.7 Å². The second-order valence-electron chi connectivity index (χ2n) is 5.88. The van der Waals surface area contributed by atoms with E-state index in [4.69, 9.17) is 0 Å². The number of carbonyl (C=O) groups is 3. The van der Waals surface area contributed by atoms with Crippen LogP contribution in [0.15, 0.2) is 0 Å². The van der Waals surface area contributed by atoms with E-state index < -0.39 is 33.3 Å². The van der Waals surface area contributed by atoms with Gasteiger partial charge in [-0.2, -0.15) is 0 Å². The lowest BCUT2D eigenvalue weighted by Crippen LogP contribution is -2.67. The van der Waals surface area contributed by atoms with Crippen molar-refractivity contribution in [3.63, 3.8) is 0 Å². The van der Waals surface area contributed by atoms with Crippen LogP contribution in [0.25, 0.3) is 0 Å². The van der Waals surface area contributed by atoms with E-state index in [0.717, 1.165) is 0 Å². The molecule has 1 aliphatic heterocycles. The van der Waals surface area contributed by atoms with Gasteiger partial charge in [0.05, 0.1) is 5.54 Å². The minimum atomic E-state index is -1.60. The zero-order chi connectivity index (χ0) is 14.4. The molecule has 1 rings (SSSR count). The predicted molar refractivity (Wildman–Crippen MR) is 60.5 cm³/mol. The number of aliphatic carboxylic acids is 1. The zero-order valence-corrected chi connectivity index (χ0v) is 11.1. The van der Waals surface area contributed by atoms with Gasteiger partial charge in [-0.3, -0.25) is 14.1 Å². The average Bonchev–Trinajstić information content (AvgIpc) is 2.53. The maximum absolute atomic E-state index is 12.0. The largest absolute Gasteiger partial charge is 0.498 e. The SMILES string of the molecule is CCC1(C(=O)O)C[N+](C(=O)[O-])(C(C)(C)C)CC1=O. The number of hydrogen-bond acceptors (Lipinski definition) is 4. The number of ketones is 1. The fourth-order valence-electron chi connectivity index (χ4n) is 2.53. The maximum atomic E-state index is 12.0. The fourth-order valence-corrected chi connectivity index (χ4v) is 2.53. The molecule has 0 aromatic rings. The Morgan fingerprint density at radius 2 is 1.94 bits per heavy atom. The Morgan fingerprint density at radius 1 is 1.44 bits per heavy atom. The molecule has 102 valence electrons. The molecule has 1 saturated heterocycles. The molecule has 1 fully saturated rings. The number of carboxylic acid groups (broad SMARTS) is 2. The first kappa shape index (κ1) is 14.6. The third-order valence-electron chi connectivity index (χ3n) is 4.13. The second-order valence-corrected chi connectivity index (χ2v) is 5.88. The Morgan fingerprint density at radius 3 is 2.11 bits per heavy atom. The monoisotopic (exact) mass is 257 g/mol. The Kier molecular flexibility index (Phi) is 3.29. The lowest BCUT2D eigenvalue weighted by molar-refractivity contribution is -0.908. The summed E-state index contributed by atoms with van der Waals surface area (Å²) in [6.45, 7) is 6.02. The first-order chi connectivity index (χ1) is 8.03. The highest BCUT2D eigenvalue weighted by Crippen LogP contribution is 2.41. The summed E-state index contributed by atoms with van der Waals surface area (Å²) in [5, 5.41) is 20.7. The fraction of sp³-hybridized carbons (Fsp3) is 0.750. The Labute approximate surface area is 106 Å². The van der Waals surface area contributed by atoms with Crippen LogP contribution >= 0.6 is 0 Å². The highest BCUT2D eigenvalue weighted by Gasteiger charge is 2.63. The Bertz CT molecular complexity index is 411. The number of rotatable bonds is 2. The molecule has 1 amide bonds. The van der Waals surface area contributed by atoms with Crippen molar-refractivity contribution < 1.29 is 29.1 Å². The van der Waals surface area contributed by atoms with Crippen molar-refractivity contribution >= 4 is 17.8 Å². The predicted octanol–water partition coefficient (Wildman–Crippen LogP) is 0.00870. The zero-order valence-electron chi connectivity index (χ0n) is 11.1. The highest BCUT2D eigenvalue weighted by molar-refractivity contribution is 6.05. The number of amides is 1. The molecule has 6 nitrogen and oxygen atoms in total. The van der Waals surface area contributed by atoms with E-state index in [2.05, 4.69) is 0 Å². The van der Waals surface area contributed by atoms with E-state index >= 15 is 0 Å². The van der Waals surface area contributed by atoms with Gasteiger partial charge < -0.3 is 15.0 Å². The van der Waals surface area contributed by atoms with E-state index in [0.29, 0.717) is 0 Å². The molecule has 0 aliphatic carbocycles. The molecule has 1 N–H and O–H groups in total. The molecule has 1 heterocycles. The van der Waals surface area contributed by atoms with Crippen molar-refractivity contribution in [1.82, 2.24) is 0 Å². The van der Waals surface area contributed by atoms with Crippen LogP contribution in [-0.2, 0) is 9.59 Å². The molecule has 2 unspecified atom stereocenters. The molecule has 6 heteroatoms. The summed E-state index contributed by atoms with van der Waals surface area (Å²) in [5.74, 6) is -1.78. The lowest BCUT2D eigenvalue weighted by atomic mass is 9.83. The molecular formula is C12H19NO5. The molecule has 0 bridgehead atoms. The van der Waals surface area contributed by atoms with Crippen LogP contribution in [0.1, 0.15) is 34.1 Å². The smallest absolute Gasteiger partial charge is 0.323 e. The molecule has 0 aromatic heterocycles. The summed E-state index contributed by atoms with van der Waals surface area (Å²) in [5.41, 5.74) is -2.39. The Balaban J connectivity index is 3.37. The molecule has 0 spiro atoms. The van der Waals surface area contributed by atoms with Crippen molar-refractivity contribution in [3.8, 4) is 0 Å². The van der Waals surface area contributed by atoms with E-state index in [-0.39, 0.29) is 19.5 Å². The van der Waals surface area contributed by atoms with Crippen LogP contribution in [0.2, 0.25) is 0 Å². The second kappa shape index (κ2) is 4.05. The van der Waals surface area contributed by atoms with E-state index in [9.17, 15) is 24.6 Å². The Hall–Kier alpha value is -1.43. The van der Waals surface area contributed by atoms with Gasteiger partial charge in [-0.25, -0.2) is 0 Å². The standard InChI is InChI=1S/C12H19NO5/c1-5-12(9(15)16)7-13(10(17)18,6-8(12)14)11(2,3)4/h5-7H2,1-4H3,(H-,15,16,17,18). The molecule has 1 aliphatic rings. The summed E-state index contributed by atoms with van der Waals surface area (Å²) in [7, 11) is 0. The first-order valence-corrected chi connectivity index (χ1v) is 5.89. The van der Waals surface area contributed by atoms with E-state index in [1.165, 1.54) is 0 Å². The maximum Gasteiger partial charge on any atom is 0.323 e. The topological polar surface area (TPSA) is 94.5 Å². The first-order valence-electron chi connectivity index (χ1n) is 5.89. The van der Waals surface area contributed by atoms with Crippen LogP contribution in [0, 0.1) is 5.41 Å². The highest BCUT2D eigenvalue weighted by atomic mass is 16.4. The lowest BCUT2D eigenvalue weighted by Gasteiger charge is -2.44. The van der Waals surface area contributed by atoms with Gasteiger partial charge in [-0.05, 0) is 27.2 Å². The van der Waals surface area contributed by atoms with Gasteiger partial charge in [-0.15, -0.1) is 0 Å². The van der Waals surface area contributed by atoms with Crippen molar-refractivity contribution in [2.75, 3.05) is 13.1 Å². The van der Waals surface area contributed by atoms with Gasteiger partial charge in [0.1, 0.15) is 13.1 Å². The number of nitrogens with zero attached hydrogens (tertiary/aromatic N) is 1. The van der Waals surface area contributed by atoms with Crippen LogP contribution in [-0.4, -0.2) is 46.1 Å². The van der Waals surface area contributed by atoms with Gasteiger partial charge in [-0.1, -0.05) is 6.92 Å². The number of likely N-dealkylation sites (tertiary alicyclic amines) is 1. The van der Waals surface area contributed by atoms with E-state index in [1.807, 2.05) is 0 Å². The minimum Gasteiger partial charge on any atom is -0.498 e. The average molecular weight is 257 g/mol. The number of carbonyl (C=O) groups excluding carboxylic acids is 2. The molecule has 0 aromatic carbocycles. The summed E-state index contributed by atoms with van der Waals surface area (Å²) in [4.78, 5) is 34.9.